The SMILES string of the molecule is Cn1c(-c2cccc3ccccc23)c(C=O)c2ccccc21. The molecule has 4 aromatic rings. The van der Waals surface area contributed by atoms with Crippen molar-refractivity contribution in [3.8, 4) is 11.3 Å². The Morgan fingerprint density at radius 2 is 1.50 bits per heavy atom. The van der Waals surface area contributed by atoms with Crippen LogP contribution in [0.1, 0.15) is 10.4 Å². The van der Waals surface area contributed by atoms with E-state index in [4.69, 9.17) is 0 Å². The Balaban J connectivity index is 2.17. The van der Waals surface area contributed by atoms with Gasteiger partial charge in [0.25, 0.3) is 0 Å². The molecule has 0 unspecified atom stereocenters. The summed E-state index contributed by atoms with van der Waals surface area (Å²) in [5.41, 5.74) is 3.91. The average molecular weight is 285 g/mol. The van der Waals surface area contributed by atoms with Crippen LogP contribution in [0, 0.1) is 0 Å². The van der Waals surface area contributed by atoms with Crippen LogP contribution in [0.3, 0.4) is 0 Å². The monoisotopic (exact) mass is 285 g/mol. The highest BCUT2D eigenvalue weighted by Crippen LogP contribution is 2.35. The molecule has 2 nitrogen and oxygen atoms in total. The van der Waals surface area contributed by atoms with Crippen LogP contribution in [-0.2, 0) is 7.05 Å². The van der Waals surface area contributed by atoms with Gasteiger partial charge in [-0.3, -0.25) is 4.79 Å². The van der Waals surface area contributed by atoms with Crippen molar-refractivity contribution in [1.82, 2.24) is 4.57 Å². The third-order valence-corrected chi connectivity index (χ3v) is 4.31. The summed E-state index contributed by atoms with van der Waals surface area (Å²) in [5.74, 6) is 0. The first kappa shape index (κ1) is 12.8. The highest BCUT2D eigenvalue weighted by molar-refractivity contribution is 6.08. The van der Waals surface area contributed by atoms with Gasteiger partial charge in [0.2, 0.25) is 0 Å². The molecule has 106 valence electrons. The molecule has 0 aliphatic rings. The van der Waals surface area contributed by atoms with E-state index in [9.17, 15) is 4.79 Å². The lowest BCUT2D eigenvalue weighted by molar-refractivity contribution is 0.112. The van der Waals surface area contributed by atoms with Crippen LogP contribution in [0.5, 0.6) is 0 Å². The number of nitrogens with zero attached hydrogens (tertiary/aromatic N) is 1. The molecule has 0 bridgehead atoms. The molecule has 2 heteroatoms. The maximum absolute atomic E-state index is 11.8. The third-order valence-electron chi connectivity index (χ3n) is 4.31. The first-order chi connectivity index (χ1) is 10.8. The normalized spacial score (nSPS) is 11.1. The zero-order chi connectivity index (χ0) is 15.1. The first-order valence-corrected chi connectivity index (χ1v) is 7.32. The fraction of sp³-hybridized carbons (Fsp3) is 0.0500. The van der Waals surface area contributed by atoms with Gasteiger partial charge in [0, 0.05) is 29.1 Å². The number of aryl methyl sites for hydroxylation is 1. The van der Waals surface area contributed by atoms with E-state index in [1.807, 2.05) is 43.4 Å². The summed E-state index contributed by atoms with van der Waals surface area (Å²) in [7, 11) is 2.02. The minimum atomic E-state index is 0.759. The molecule has 0 spiro atoms. The lowest BCUT2D eigenvalue weighted by Gasteiger charge is -2.09. The zero-order valence-electron chi connectivity index (χ0n) is 12.3. The van der Waals surface area contributed by atoms with Crippen LogP contribution in [0.25, 0.3) is 32.9 Å². The van der Waals surface area contributed by atoms with Gasteiger partial charge < -0.3 is 4.57 Å². The van der Waals surface area contributed by atoms with Crippen LogP contribution < -0.4 is 0 Å². The molecule has 3 aromatic carbocycles. The predicted octanol–water partition coefficient (Wildman–Crippen LogP) is 4.81. The van der Waals surface area contributed by atoms with E-state index in [0.717, 1.165) is 34.0 Å². The second kappa shape index (κ2) is 4.85. The Morgan fingerprint density at radius 1 is 0.818 bits per heavy atom. The van der Waals surface area contributed by atoms with Gasteiger partial charge in [-0.1, -0.05) is 60.7 Å². The first-order valence-electron chi connectivity index (χ1n) is 7.32. The summed E-state index contributed by atoms with van der Waals surface area (Å²) < 4.78 is 2.11. The standard InChI is InChI=1S/C20H15NO/c1-21-19-12-5-4-10-16(19)18(13-22)20(21)17-11-6-8-14-7-2-3-9-15(14)17/h2-13H,1H3. The number of carbonyl (C=O) groups is 1. The largest absolute Gasteiger partial charge is 0.343 e. The van der Waals surface area contributed by atoms with E-state index in [1.54, 1.807) is 0 Å². The number of hydrogen-bond acceptors (Lipinski definition) is 1. The van der Waals surface area contributed by atoms with Gasteiger partial charge in [0.15, 0.2) is 6.29 Å². The van der Waals surface area contributed by atoms with Gasteiger partial charge in [-0.15, -0.1) is 0 Å². The van der Waals surface area contributed by atoms with Gasteiger partial charge in [0.05, 0.1) is 5.69 Å². The smallest absolute Gasteiger partial charge is 0.152 e. The van der Waals surface area contributed by atoms with Gasteiger partial charge in [0.1, 0.15) is 0 Å². The van der Waals surface area contributed by atoms with Crippen molar-refractivity contribution in [3.63, 3.8) is 0 Å². The minimum absolute atomic E-state index is 0.759. The summed E-state index contributed by atoms with van der Waals surface area (Å²) in [5, 5.41) is 3.35. The van der Waals surface area contributed by atoms with E-state index in [0.29, 0.717) is 0 Å². The third kappa shape index (κ3) is 1.70. The number of aldehydes is 1. The molecule has 0 saturated heterocycles. The average Bonchev–Trinajstić information content (AvgIpc) is 2.87. The summed E-state index contributed by atoms with van der Waals surface area (Å²) in [4.78, 5) is 11.8. The Morgan fingerprint density at radius 3 is 2.32 bits per heavy atom. The summed E-state index contributed by atoms with van der Waals surface area (Å²) in [6.07, 6.45) is 0.972. The topological polar surface area (TPSA) is 22.0 Å². The Labute approximate surface area is 128 Å². The number of benzene rings is 3. The van der Waals surface area contributed by atoms with Crippen molar-refractivity contribution in [1.29, 1.82) is 0 Å². The summed E-state index contributed by atoms with van der Waals surface area (Å²) >= 11 is 0. The van der Waals surface area contributed by atoms with E-state index in [-0.39, 0.29) is 0 Å². The second-order valence-electron chi connectivity index (χ2n) is 5.48. The maximum atomic E-state index is 11.8. The number of rotatable bonds is 2. The van der Waals surface area contributed by atoms with Crippen molar-refractivity contribution < 1.29 is 4.79 Å². The molecule has 0 atom stereocenters. The molecule has 4 rings (SSSR count). The van der Waals surface area contributed by atoms with Crippen LogP contribution in [0.4, 0.5) is 0 Å². The van der Waals surface area contributed by atoms with E-state index >= 15 is 0 Å². The molecule has 0 N–H and O–H groups in total. The van der Waals surface area contributed by atoms with Crippen LogP contribution in [0.15, 0.2) is 66.7 Å². The molecule has 0 radical (unpaired) electrons. The molecular formula is C20H15NO. The van der Waals surface area contributed by atoms with Gasteiger partial charge >= 0.3 is 0 Å². The van der Waals surface area contributed by atoms with Gasteiger partial charge in [-0.2, -0.15) is 0 Å². The molecule has 22 heavy (non-hydrogen) atoms. The van der Waals surface area contributed by atoms with E-state index in [2.05, 4.69) is 34.9 Å². The molecule has 1 aromatic heterocycles. The van der Waals surface area contributed by atoms with Crippen LogP contribution >= 0.6 is 0 Å². The fourth-order valence-corrected chi connectivity index (χ4v) is 3.30. The minimum Gasteiger partial charge on any atom is -0.343 e. The Hall–Kier alpha value is -2.87. The number of carbonyl (C=O) groups excluding carboxylic acids is 1. The number of hydrogen-bond donors (Lipinski definition) is 0. The van der Waals surface area contributed by atoms with Crippen LogP contribution in [0.2, 0.25) is 0 Å². The quantitative estimate of drug-likeness (QED) is 0.484. The van der Waals surface area contributed by atoms with Crippen molar-refractivity contribution >= 4 is 28.0 Å². The predicted molar refractivity (Wildman–Crippen MR) is 91.2 cm³/mol. The second-order valence-corrected chi connectivity index (χ2v) is 5.48. The molecule has 1 heterocycles. The van der Waals surface area contributed by atoms with Crippen molar-refractivity contribution in [2.75, 3.05) is 0 Å². The highest BCUT2D eigenvalue weighted by atomic mass is 16.1. The Bertz CT molecular complexity index is 1010. The molecule has 0 saturated carbocycles. The van der Waals surface area contributed by atoms with Gasteiger partial charge in [-0.25, -0.2) is 0 Å². The van der Waals surface area contributed by atoms with E-state index in [1.165, 1.54) is 10.8 Å². The molecule has 0 fully saturated rings. The van der Waals surface area contributed by atoms with Crippen molar-refractivity contribution in [2.24, 2.45) is 7.05 Å². The van der Waals surface area contributed by atoms with Gasteiger partial charge in [-0.05, 0) is 16.8 Å². The maximum Gasteiger partial charge on any atom is 0.152 e. The number of fused-ring (bicyclic) bond motifs is 2. The Kier molecular flexibility index (Phi) is 2.83. The summed E-state index contributed by atoms with van der Waals surface area (Å²) in [6.45, 7) is 0. The zero-order valence-corrected chi connectivity index (χ0v) is 12.3. The molecule has 0 aliphatic heterocycles. The van der Waals surface area contributed by atoms with Crippen LogP contribution in [-0.4, -0.2) is 10.9 Å². The lowest BCUT2D eigenvalue weighted by atomic mass is 9.99. The summed E-state index contributed by atoms with van der Waals surface area (Å²) in [6, 6.07) is 22.6. The van der Waals surface area contributed by atoms with E-state index < -0.39 is 0 Å². The molecular weight excluding hydrogens is 270 g/mol. The number of aromatic nitrogens is 1. The number of para-hydroxylation sites is 1. The molecule has 0 amide bonds. The highest BCUT2D eigenvalue weighted by Gasteiger charge is 2.17. The van der Waals surface area contributed by atoms with Crippen molar-refractivity contribution in [3.05, 3.63) is 72.3 Å². The lowest BCUT2D eigenvalue weighted by Crippen LogP contribution is -1.94. The van der Waals surface area contributed by atoms with Crippen molar-refractivity contribution in [2.45, 2.75) is 0 Å². The fourth-order valence-electron chi connectivity index (χ4n) is 3.30. The molecule has 0 aliphatic carbocycles.